The van der Waals surface area contributed by atoms with Gasteiger partial charge in [0.25, 0.3) is 0 Å². The molecule has 0 aromatic carbocycles. The maximum atomic E-state index is 11.7. The number of unbranched alkanes of at least 4 members (excludes halogenated alkanes) is 1. The van der Waals surface area contributed by atoms with Crippen LogP contribution in [0.2, 0.25) is 0 Å². The Hall–Kier alpha value is -3.70. The molecule has 0 bridgehead atoms. The monoisotopic (exact) mass is 458 g/mol. The molecule has 0 spiro atoms. The number of ether oxygens (including phenoxy) is 4. The number of carboxylic acid groups (broad SMARTS) is 2. The molecule has 0 rings (SSSR count). The van der Waals surface area contributed by atoms with E-state index in [1.807, 2.05) is 0 Å². The first kappa shape index (κ1) is 28.3. The van der Waals surface area contributed by atoms with Crippen LogP contribution in [-0.2, 0) is 47.7 Å². The maximum Gasteiger partial charge on any atom is 0.347 e. The van der Waals surface area contributed by atoms with Crippen LogP contribution in [0.1, 0.15) is 39.5 Å². The Bertz CT molecular complexity index is 703. The molecule has 178 valence electrons. The fraction of sp³-hybridized carbons (Fsp3) is 0.500. The third-order valence-electron chi connectivity index (χ3n) is 3.63. The second kappa shape index (κ2) is 14.3. The molecule has 2 N–H and O–H groups in total. The molecule has 0 aromatic heterocycles. The van der Waals surface area contributed by atoms with E-state index in [0.717, 1.165) is 0 Å². The predicted molar refractivity (Wildman–Crippen MR) is 105 cm³/mol. The van der Waals surface area contributed by atoms with Crippen LogP contribution in [0.3, 0.4) is 0 Å². The van der Waals surface area contributed by atoms with Crippen molar-refractivity contribution in [1.82, 2.24) is 0 Å². The van der Waals surface area contributed by atoms with Gasteiger partial charge in [0.15, 0.2) is 12.2 Å². The molecule has 0 heterocycles. The first-order chi connectivity index (χ1) is 14.8. The Morgan fingerprint density at radius 1 is 0.688 bits per heavy atom. The lowest BCUT2D eigenvalue weighted by Crippen LogP contribution is -2.27. The molecule has 12 heteroatoms. The lowest BCUT2D eigenvalue weighted by atomic mass is 10.2. The molecule has 12 nitrogen and oxygen atoms in total. The molecular formula is C20H26O12. The third-order valence-corrected chi connectivity index (χ3v) is 3.63. The molecule has 32 heavy (non-hydrogen) atoms. The molecule has 0 amide bonds. The van der Waals surface area contributed by atoms with Gasteiger partial charge < -0.3 is 29.2 Å². The van der Waals surface area contributed by atoms with E-state index in [0.29, 0.717) is 12.8 Å². The van der Waals surface area contributed by atoms with Crippen LogP contribution >= 0.6 is 0 Å². The predicted octanol–water partition coefficient (Wildman–Crippen LogP) is 0.778. The summed E-state index contributed by atoms with van der Waals surface area (Å²) in [6, 6.07) is 0. The van der Waals surface area contributed by atoms with Gasteiger partial charge in [0.2, 0.25) is 0 Å². The number of carbonyl (C=O) groups excluding carboxylic acids is 4. The first-order valence-corrected chi connectivity index (χ1v) is 9.39. The highest BCUT2D eigenvalue weighted by molar-refractivity contribution is 5.93. The second-order valence-corrected chi connectivity index (χ2v) is 6.48. The summed E-state index contributed by atoms with van der Waals surface area (Å²) in [4.78, 5) is 67.6. The molecule has 0 aromatic rings. The number of carboxylic acids is 2. The van der Waals surface area contributed by atoms with E-state index in [-0.39, 0.29) is 24.4 Å². The van der Waals surface area contributed by atoms with Crippen molar-refractivity contribution in [3.05, 3.63) is 24.3 Å². The van der Waals surface area contributed by atoms with Crippen LogP contribution in [0.5, 0.6) is 0 Å². The number of aliphatic carboxylic acids is 2. The molecular weight excluding hydrogens is 432 g/mol. The summed E-state index contributed by atoms with van der Waals surface area (Å²) in [6.45, 7) is 8.78. The minimum absolute atomic E-state index is 0.0536. The summed E-state index contributed by atoms with van der Waals surface area (Å²) in [6.07, 6.45) is -3.00. The average Bonchev–Trinajstić information content (AvgIpc) is 2.69. The van der Waals surface area contributed by atoms with Crippen LogP contribution < -0.4 is 0 Å². The highest BCUT2D eigenvalue weighted by Gasteiger charge is 2.22. The van der Waals surface area contributed by atoms with E-state index in [9.17, 15) is 28.8 Å². The lowest BCUT2D eigenvalue weighted by molar-refractivity contribution is -0.167. The van der Waals surface area contributed by atoms with Crippen LogP contribution in [0.25, 0.3) is 0 Å². The molecule has 0 radical (unpaired) electrons. The number of rotatable bonds is 15. The Morgan fingerprint density at radius 3 is 1.28 bits per heavy atom. The minimum Gasteiger partial charge on any atom is -0.478 e. The standard InChI is InChI=1S/C20H26O12/c1-11(17(23)24)9-15(21)31-13(3)19(27)29-7-5-6-8-30-20(28)14(4)32-16(22)10-12(2)18(25)26/h13-14H,1-2,5-10H2,3-4H3,(H,23,24)(H,25,26). The van der Waals surface area contributed by atoms with E-state index < -0.39 is 60.9 Å². The van der Waals surface area contributed by atoms with Gasteiger partial charge in [0, 0.05) is 11.1 Å². The van der Waals surface area contributed by atoms with Crippen molar-refractivity contribution < 1.29 is 57.9 Å². The van der Waals surface area contributed by atoms with Crippen molar-refractivity contribution in [3.63, 3.8) is 0 Å². The minimum atomic E-state index is -1.35. The molecule has 0 aliphatic rings. The zero-order valence-electron chi connectivity index (χ0n) is 17.8. The van der Waals surface area contributed by atoms with Crippen molar-refractivity contribution in [2.45, 2.75) is 51.7 Å². The largest absolute Gasteiger partial charge is 0.478 e. The smallest absolute Gasteiger partial charge is 0.347 e. The summed E-state index contributed by atoms with van der Waals surface area (Å²) in [5, 5.41) is 17.3. The molecule has 0 fully saturated rings. The van der Waals surface area contributed by atoms with E-state index >= 15 is 0 Å². The summed E-state index contributed by atoms with van der Waals surface area (Å²) in [5.74, 6) is -6.24. The van der Waals surface area contributed by atoms with Gasteiger partial charge in [-0.15, -0.1) is 0 Å². The maximum absolute atomic E-state index is 11.7. The van der Waals surface area contributed by atoms with Gasteiger partial charge in [-0.25, -0.2) is 19.2 Å². The zero-order valence-corrected chi connectivity index (χ0v) is 17.8. The van der Waals surface area contributed by atoms with Gasteiger partial charge in [0.05, 0.1) is 26.1 Å². The Balaban J connectivity index is 4.03. The van der Waals surface area contributed by atoms with Crippen molar-refractivity contribution in [2.75, 3.05) is 13.2 Å². The van der Waals surface area contributed by atoms with Gasteiger partial charge in [-0.3, -0.25) is 9.59 Å². The van der Waals surface area contributed by atoms with Gasteiger partial charge in [-0.05, 0) is 26.7 Å². The molecule has 2 atom stereocenters. The third kappa shape index (κ3) is 12.1. The highest BCUT2D eigenvalue weighted by Crippen LogP contribution is 2.06. The number of esters is 4. The zero-order chi connectivity index (χ0) is 24.8. The van der Waals surface area contributed by atoms with Crippen LogP contribution in [-0.4, -0.2) is 71.5 Å². The average molecular weight is 458 g/mol. The molecule has 0 saturated carbocycles. The second-order valence-electron chi connectivity index (χ2n) is 6.48. The normalized spacial score (nSPS) is 11.9. The number of hydrogen-bond acceptors (Lipinski definition) is 10. The van der Waals surface area contributed by atoms with Crippen LogP contribution in [0, 0.1) is 0 Å². The highest BCUT2D eigenvalue weighted by atomic mass is 16.6. The summed E-state index contributed by atoms with van der Waals surface area (Å²) < 4.78 is 19.3. The van der Waals surface area contributed by atoms with E-state index in [2.05, 4.69) is 13.2 Å². The van der Waals surface area contributed by atoms with Crippen molar-refractivity contribution in [3.8, 4) is 0 Å². The summed E-state index contributed by atoms with van der Waals surface area (Å²) >= 11 is 0. The number of carbonyl (C=O) groups is 6. The van der Waals surface area contributed by atoms with E-state index in [4.69, 9.17) is 29.2 Å². The molecule has 0 saturated heterocycles. The summed E-state index contributed by atoms with van der Waals surface area (Å²) in [5.41, 5.74) is -0.750. The summed E-state index contributed by atoms with van der Waals surface area (Å²) in [7, 11) is 0. The first-order valence-electron chi connectivity index (χ1n) is 9.39. The molecule has 0 aliphatic heterocycles. The molecule has 2 unspecified atom stereocenters. The Labute approximate surface area is 183 Å². The number of hydrogen-bond donors (Lipinski definition) is 2. The van der Waals surface area contributed by atoms with E-state index in [1.54, 1.807) is 0 Å². The SMILES string of the molecule is C=C(CC(=O)OC(C)C(=O)OCCCCOC(=O)C(C)OC(=O)CC(=C)C(=O)O)C(=O)O. The van der Waals surface area contributed by atoms with Gasteiger partial charge in [-0.2, -0.15) is 0 Å². The van der Waals surface area contributed by atoms with Gasteiger partial charge in [-0.1, -0.05) is 13.2 Å². The topological polar surface area (TPSA) is 180 Å². The quantitative estimate of drug-likeness (QED) is 0.153. The van der Waals surface area contributed by atoms with Crippen molar-refractivity contribution >= 4 is 35.8 Å². The van der Waals surface area contributed by atoms with Crippen LogP contribution in [0.4, 0.5) is 0 Å². The lowest BCUT2D eigenvalue weighted by Gasteiger charge is -2.14. The molecule has 0 aliphatic carbocycles. The Kier molecular flexibility index (Phi) is 12.7. The van der Waals surface area contributed by atoms with Crippen molar-refractivity contribution in [1.29, 1.82) is 0 Å². The fourth-order valence-electron chi connectivity index (χ4n) is 1.86. The van der Waals surface area contributed by atoms with E-state index in [1.165, 1.54) is 13.8 Å². The Morgan fingerprint density at radius 2 is 1.00 bits per heavy atom. The van der Waals surface area contributed by atoms with Gasteiger partial charge >= 0.3 is 35.8 Å². The fourth-order valence-corrected chi connectivity index (χ4v) is 1.86. The van der Waals surface area contributed by atoms with Gasteiger partial charge in [0.1, 0.15) is 0 Å². The van der Waals surface area contributed by atoms with Crippen LogP contribution in [0.15, 0.2) is 24.3 Å². The van der Waals surface area contributed by atoms with Crippen molar-refractivity contribution in [2.24, 2.45) is 0 Å².